The van der Waals surface area contributed by atoms with Gasteiger partial charge in [0.05, 0.1) is 17.8 Å². The first-order chi connectivity index (χ1) is 14.5. The molecule has 1 N–H and O–H groups in total. The SMILES string of the molecule is COc1ccccc1OCc1nnc(SCC(=O)Nc2ccc(C)cc2[N+](=O)[O-])o1. The van der Waals surface area contributed by atoms with E-state index in [1.54, 1.807) is 32.2 Å². The van der Waals surface area contributed by atoms with Crippen LogP contribution in [0.4, 0.5) is 11.4 Å². The molecule has 0 saturated heterocycles. The van der Waals surface area contributed by atoms with Gasteiger partial charge in [-0.3, -0.25) is 14.9 Å². The number of anilines is 1. The smallest absolute Gasteiger partial charge is 0.293 e. The van der Waals surface area contributed by atoms with Crippen LogP contribution in [0.15, 0.2) is 52.1 Å². The van der Waals surface area contributed by atoms with Gasteiger partial charge in [0.15, 0.2) is 18.1 Å². The van der Waals surface area contributed by atoms with Gasteiger partial charge in [-0.2, -0.15) is 0 Å². The number of aromatic nitrogens is 2. The van der Waals surface area contributed by atoms with E-state index in [0.29, 0.717) is 11.5 Å². The van der Waals surface area contributed by atoms with Gasteiger partial charge < -0.3 is 19.2 Å². The Balaban J connectivity index is 1.53. The summed E-state index contributed by atoms with van der Waals surface area (Å²) in [6.45, 7) is 1.77. The fraction of sp³-hybridized carbons (Fsp3) is 0.211. The summed E-state index contributed by atoms with van der Waals surface area (Å²) in [6.07, 6.45) is 0. The molecule has 11 heteroatoms. The highest BCUT2D eigenvalue weighted by Gasteiger charge is 2.17. The number of aryl methyl sites for hydroxylation is 1. The van der Waals surface area contributed by atoms with E-state index in [0.717, 1.165) is 17.3 Å². The lowest BCUT2D eigenvalue weighted by atomic mass is 10.2. The minimum atomic E-state index is -0.540. The van der Waals surface area contributed by atoms with Gasteiger partial charge in [0.1, 0.15) is 5.69 Å². The van der Waals surface area contributed by atoms with Gasteiger partial charge in [-0.15, -0.1) is 10.2 Å². The van der Waals surface area contributed by atoms with Crippen LogP contribution in [0, 0.1) is 17.0 Å². The fourth-order valence-corrected chi connectivity index (χ4v) is 3.02. The Kier molecular flexibility index (Phi) is 6.86. The summed E-state index contributed by atoms with van der Waals surface area (Å²) in [4.78, 5) is 22.7. The third kappa shape index (κ3) is 5.47. The first-order valence-electron chi connectivity index (χ1n) is 8.72. The molecule has 30 heavy (non-hydrogen) atoms. The topological polar surface area (TPSA) is 130 Å². The zero-order valence-corrected chi connectivity index (χ0v) is 17.0. The van der Waals surface area contributed by atoms with Crippen molar-refractivity contribution in [3.05, 3.63) is 64.0 Å². The first kappa shape index (κ1) is 21.1. The van der Waals surface area contributed by atoms with Crippen LogP contribution in [0.5, 0.6) is 11.5 Å². The number of carbonyl (C=O) groups is 1. The fourth-order valence-electron chi connectivity index (χ4n) is 2.44. The van der Waals surface area contributed by atoms with Crippen molar-refractivity contribution in [1.82, 2.24) is 10.2 Å². The van der Waals surface area contributed by atoms with Gasteiger partial charge >= 0.3 is 0 Å². The van der Waals surface area contributed by atoms with Crippen LogP contribution in [0.25, 0.3) is 0 Å². The molecule has 1 heterocycles. The Morgan fingerprint density at radius 2 is 2.00 bits per heavy atom. The van der Waals surface area contributed by atoms with Crippen molar-refractivity contribution in [1.29, 1.82) is 0 Å². The van der Waals surface area contributed by atoms with Gasteiger partial charge in [0.25, 0.3) is 16.8 Å². The maximum Gasteiger partial charge on any atom is 0.293 e. The molecule has 0 unspecified atom stereocenters. The van der Waals surface area contributed by atoms with Crippen LogP contribution in [0.1, 0.15) is 11.5 Å². The molecule has 0 aliphatic rings. The standard InChI is InChI=1S/C19H18N4O6S/c1-12-7-8-13(14(9-12)23(25)26)20-17(24)11-30-19-22-21-18(29-19)10-28-16-6-4-3-5-15(16)27-2/h3-9H,10-11H2,1-2H3,(H,20,24). The molecule has 10 nitrogen and oxygen atoms in total. The third-order valence-corrected chi connectivity index (χ3v) is 4.64. The molecule has 156 valence electrons. The van der Waals surface area contributed by atoms with Crippen molar-refractivity contribution in [2.24, 2.45) is 0 Å². The minimum absolute atomic E-state index is 0.0374. The normalized spacial score (nSPS) is 10.5. The van der Waals surface area contributed by atoms with Crippen LogP contribution in [0.3, 0.4) is 0 Å². The number of ether oxygens (including phenoxy) is 2. The zero-order valence-electron chi connectivity index (χ0n) is 16.2. The number of hydrogen-bond acceptors (Lipinski definition) is 9. The highest BCUT2D eigenvalue weighted by Crippen LogP contribution is 2.27. The summed E-state index contributed by atoms with van der Waals surface area (Å²) in [6, 6.07) is 11.7. The summed E-state index contributed by atoms with van der Waals surface area (Å²) in [7, 11) is 1.54. The predicted octanol–water partition coefficient (Wildman–Crippen LogP) is 3.60. The molecule has 0 fully saturated rings. The van der Waals surface area contributed by atoms with Gasteiger partial charge in [-0.05, 0) is 30.7 Å². The van der Waals surface area contributed by atoms with E-state index in [1.165, 1.54) is 12.1 Å². The maximum atomic E-state index is 12.2. The number of carbonyl (C=O) groups excluding carboxylic acids is 1. The summed E-state index contributed by atoms with van der Waals surface area (Å²) in [5.41, 5.74) is 0.692. The Hall–Kier alpha value is -3.60. The molecule has 1 aromatic heterocycles. The number of methoxy groups -OCH3 is 1. The van der Waals surface area contributed by atoms with Gasteiger partial charge in [-0.25, -0.2) is 0 Å². The largest absolute Gasteiger partial charge is 0.493 e. The molecule has 0 atom stereocenters. The van der Waals surface area contributed by atoms with Crippen molar-refractivity contribution in [3.8, 4) is 11.5 Å². The number of nitro benzene ring substituents is 1. The molecule has 0 saturated carbocycles. The molecule has 1 amide bonds. The van der Waals surface area contributed by atoms with E-state index in [2.05, 4.69) is 15.5 Å². The van der Waals surface area contributed by atoms with Crippen molar-refractivity contribution in [2.75, 3.05) is 18.2 Å². The second kappa shape index (κ2) is 9.74. The van der Waals surface area contributed by atoms with Crippen molar-refractivity contribution < 1.29 is 23.6 Å². The number of amides is 1. The number of nitrogens with zero attached hydrogens (tertiary/aromatic N) is 3. The first-order valence-corrected chi connectivity index (χ1v) is 9.70. The minimum Gasteiger partial charge on any atom is -0.493 e. The Morgan fingerprint density at radius 1 is 1.23 bits per heavy atom. The van der Waals surface area contributed by atoms with Crippen LogP contribution in [0.2, 0.25) is 0 Å². The predicted molar refractivity (Wildman–Crippen MR) is 109 cm³/mol. The number of nitrogens with one attached hydrogen (secondary N) is 1. The summed E-state index contributed by atoms with van der Waals surface area (Å²) in [5, 5.41) is 21.6. The highest BCUT2D eigenvalue weighted by molar-refractivity contribution is 7.99. The van der Waals surface area contributed by atoms with E-state index in [4.69, 9.17) is 13.9 Å². The van der Waals surface area contributed by atoms with Crippen LogP contribution in [-0.4, -0.2) is 33.9 Å². The van der Waals surface area contributed by atoms with Crippen molar-refractivity contribution in [3.63, 3.8) is 0 Å². The lowest BCUT2D eigenvalue weighted by Gasteiger charge is -2.08. The number of thioether (sulfide) groups is 1. The lowest BCUT2D eigenvalue weighted by Crippen LogP contribution is -2.15. The molecule has 0 aliphatic carbocycles. The van der Waals surface area contributed by atoms with E-state index in [9.17, 15) is 14.9 Å². The second-order valence-corrected chi connectivity index (χ2v) is 6.94. The molecule has 0 bridgehead atoms. The molecule has 0 radical (unpaired) electrons. The molecule has 2 aromatic carbocycles. The number of benzene rings is 2. The summed E-state index contributed by atoms with van der Waals surface area (Å²) in [5.74, 6) is 0.856. The second-order valence-electron chi connectivity index (χ2n) is 6.02. The van der Waals surface area contributed by atoms with Crippen molar-refractivity contribution in [2.45, 2.75) is 18.8 Å². The van der Waals surface area contributed by atoms with E-state index in [-0.39, 0.29) is 34.8 Å². The Labute approximate surface area is 175 Å². The van der Waals surface area contributed by atoms with Crippen LogP contribution >= 0.6 is 11.8 Å². The van der Waals surface area contributed by atoms with E-state index < -0.39 is 10.8 Å². The van der Waals surface area contributed by atoms with Crippen LogP contribution in [-0.2, 0) is 11.4 Å². The van der Waals surface area contributed by atoms with Crippen molar-refractivity contribution >= 4 is 29.0 Å². The maximum absolute atomic E-state index is 12.2. The molecule has 3 rings (SSSR count). The average molecular weight is 430 g/mol. The third-order valence-electron chi connectivity index (χ3n) is 3.82. The number of nitro groups is 1. The molecule has 0 spiro atoms. The molecule has 3 aromatic rings. The van der Waals surface area contributed by atoms with Gasteiger partial charge in [0, 0.05) is 6.07 Å². The molecular weight excluding hydrogens is 412 g/mol. The number of rotatable bonds is 9. The lowest BCUT2D eigenvalue weighted by molar-refractivity contribution is -0.384. The Morgan fingerprint density at radius 3 is 2.73 bits per heavy atom. The molecule has 0 aliphatic heterocycles. The molecular formula is C19H18N4O6S. The summed E-state index contributed by atoms with van der Waals surface area (Å²) >= 11 is 1.01. The van der Waals surface area contributed by atoms with Gasteiger partial charge in [-0.1, -0.05) is 30.0 Å². The number of para-hydroxylation sites is 2. The van der Waals surface area contributed by atoms with Gasteiger partial charge in [0.2, 0.25) is 5.91 Å². The highest BCUT2D eigenvalue weighted by atomic mass is 32.2. The monoisotopic (exact) mass is 430 g/mol. The average Bonchev–Trinajstić information content (AvgIpc) is 3.20. The summed E-state index contributed by atoms with van der Waals surface area (Å²) < 4.78 is 16.2. The van der Waals surface area contributed by atoms with E-state index in [1.807, 2.05) is 12.1 Å². The van der Waals surface area contributed by atoms with E-state index >= 15 is 0 Å². The zero-order chi connectivity index (χ0) is 21.5. The van der Waals surface area contributed by atoms with Crippen LogP contribution < -0.4 is 14.8 Å². The number of hydrogen-bond donors (Lipinski definition) is 1. The quantitative estimate of drug-likeness (QED) is 0.307. The Bertz CT molecular complexity index is 1060.